The van der Waals surface area contributed by atoms with Crippen LogP contribution in [0.2, 0.25) is 0 Å². The number of rotatable bonds is 6. The van der Waals surface area contributed by atoms with Gasteiger partial charge < -0.3 is 10.8 Å². The highest BCUT2D eigenvalue weighted by Gasteiger charge is 2.15. The molecule has 0 aliphatic rings. The molecule has 0 spiro atoms. The van der Waals surface area contributed by atoms with Gasteiger partial charge in [-0.25, -0.2) is 0 Å². The molecule has 1 unspecified atom stereocenters. The molecule has 4 nitrogen and oxygen atoms in total. The Kier molecular flexibility index (Phi) is 5.51. The number of carboxylic acids is 1. The van der Waals surface area contributed by atoms with Crippen LogP contribution in [-0.2, 0) is 11.3 Å². The van der Waals surface area contributed by atoms with E-state index in [1.165, 1.54) is 16.7 Å². The average molecular weight is 264 g/mol. The minimum absolute atomic E-state index is 0.348. The molecular weight excluding hydrogens is 240 g/mol. The van der Waals surface area contributed by atoms with Crippen LogP contribution < -0.4 is 5.73 Å². The molecule has 4 heteroatoms. The van der Waals surface area contributed by atoms with E-state index < -0.39 is 12.0 Å². The zero-order valence-electron chi connectivity index (χ0n) is 12.2. The van der Waals surface area contributed by atoms with Crippen molar-refractivity contribution >= 4 is 5.97 Å². The molecule has 0 heterocycles. The van der Waals surface area contributed by atoms with Crippen molar-refractivity contribution in [1.82, 2.24) is 4.90 Å². The summed E-state index contributed by atoms with van der Waals surface area (Å²) in [4.78, 5) is 12.7. The molecule has 0 saturated heterocycles. The van der Waals surface area contributed by atoms with Gasteiger partial charge in [0.15, 0.2) is 0 Å². The van der Waals surface area contributed by atoms with Gasteiger partial charge in [0, 0.05) is 13.1 Å². The van der Waals surface area contributed by atoms with Crippen molar-refractivity contribution in [3.63, 3.8) is 0 Å². The third kappa shape index (κ3) is 4.65. The summed E-state index contributed by atoms with van der Waals surface area (Å²) >= 11 is 0. The maximum atomic E-state index is 10.7. The summed E-state index contributed by atoms with van der Waals surface area (Å²) < 4.78 is 0. The lowest BCUT2D eigenvalue weighted by Crippen LogP contribution is -2.40. The Hall–Kier alpha value is -1.39. The van der Waals surface area contributed by atoms with Crippen LogP contribution in [-0.4, -0.2) is 35.6 Å². The Balaban J connectivity index is 2.75. The molecule has 1 rings (SSSR count). The Morgan fingerprint density at radius 1 is 1.42 bits per heavy atom. The largest absolute Gasteiger partial charge is 0.480 e. The lowest BCUT2D eigenvalue weighted by Gasteiger charge is -2.21. The van der Waals surface area contributed by atoms with E-state index in [0.717, 1.165) is 0 Å². The van der Waals surface area contributed by atoms with Gasteiger partial charge >= 0.3 is 5.97 Å². The average Bonchev–Trinajstić information content (AvgIpc) is 2.31. The standard InChI is InChI=1S/C15H24N2O2/c1-10(2)12-6-5-11(3)13(7-12)8-17(4)9-14(16)15(18)19/h5-7,10,14H,8-9,16H2,1-4H3,(H,18,19). The second-order valence-corrected chi connectivity index (χ2v) is 5.48. The van der Waals surface area contributed by atoms with Crippen molar-refractivity contribution in [1.29, 1.82) is 0 Å². The van der Waals surface area contributed by atoms with E-state index in [2.05, 4.69) is 39.0 Å². The summed E-state index contributed by atoms with van der Waals surface area (Å²) in [7, 11) is 1.89. The van der Waals surface area contributed by atoms with E-state index in [4.69, 9.17) is 10.8 Å². The van der Waals surface area contributed by atoms with Crippen LogP contribution in [0.4, 0.5) is 0 Å². The smallest absolute Gasteiger partial charge is 0.321 e. The first-order valence-electron chi connectivity index (χ1n) is 6.57. The Morgan fingerprint density at radius 2 is 2.05 bits per heavy atom. The number of carboxylic acid groups (broad SMARTS) is 1. The molecule has 0 radical (unpaired) electrons. The number of hydrogen-bond donors (Lipinski definition) is 2. The van der Waals surface area contributed by atoms with Crippen molar-refractivity contribution < 1.29 is 9.90 Å². The summed E-state index contributed by atoms with van der Waals surface area (Å²) in [6.07, 6.45) is 0. The Morgan fingerprint density at radius 3 is 2.58 bits per heavy atom. The fourth-order valence-electron chi connectivity index (χ4n) is 1.99. The number of nitrogens with two attached hydrogens (primary N) is 1. The highest BCUT2D eigenvalue weighted by Crippen LogP contribution is 2.19. The zero-order chi connectivity index (χ0) is 14.6. The van der Waals surface area contributed by atoms with Crippen LogP contribution in [0.15, 0.2) is 18.2 Å². The molecule has 106 valence electrons. The topological polar surface area (TPSA) is 66.6 Å². The van der Waals surface area contributed by atoms with Gasteiger partial charge in [0.1, 0.15) is 6.04 Å². The quantitative estimate of drug-likeness (QED) is 0.824. The molecule has 0 aliphatic carbocycles. The maximum absolute atomic E-state index is 10.7. The van der Waals surface area contributed by atoms with Crippen LogP contribution in [0.3, 0.4) is 0 Å². The molecule has 0 fully saturated rings. The first-order valence-corrected chi connectivity index (χ1v) is 6.57. The second-order valence-electron chi connectivity index (χ2n) is 5.48. The van der Waals surface area contributed by atoms with E-state index in [0.29, 0.717) is 19.0 Å². The van der Waals surface area contributed by atoms with Gasteiger partial charge in [0.25, 0.3) is 0 Å². The number of carbonyl (C=O) groups is 1. The van der Waals surface area contributed by atoms with E-state index >= 15 is 0 Å². The molecule has 1 aromatic rings. The Bertz CT molecular complexity index is 444. The SMILES string of the molecule is Cc1ccc(C(C)C)cc1CN(C)CC(N)C(=O)O. The van der Waals surface area contributed by atoms with Crippen LogP contribution in [0.1, 0.15) is 36.5 Å². The first kappa shape index (κ1) is 15.7. The number of nitrogens with zero attached hydrogens (tertiary/aromatic N) is 1. The van der Waals surface area contributed by atoms with Gasteiger partial charge in [-0.2, -0.15) is 0 Å². The predicted octanol–water partition coefficient (Wildman–Crippen LogP) is 1.96. The molecule has 0 bridgehead atoms. The summed E-state index contributed by atoms with van der Waals surface area (Å²) in [5, 5.41) is 8.82. The van der Waals surface area contributed by atoms with Gasteiger partial charge in [-0.1, -0.05) is 32.0 Å². The third-order valence-electron chi connectivity index (χ3n) is 3.31. The molecule has 1 atom stereocenters. The van der Waals surface area contributed by atoms with Crippen LogP contribution >= 0.6 is 0 Å². The minimum Gasteiger partial charge on any atom is -0.480 e. The fraction of sp³-hybridized carbons (Fsp3) is 0.533. The van der Waals surface area contributed by atoms with Crippen molar-refractivity contribution in [2.75, 3.05) is 13.6 Å². The Labute approximate surface area is 115 Å². The van der Waals surface area contributed by atoms with E-state index in [-0.39, 0.29) is 0 Å². The van der Waals surface area contributed by atoms with Crippen molar-refractivity contribution in [3.05, 3.63) is 34.9 Å². The highest BCUT2D eigenvalue weighted by atomic mass is 16.4. The lowest BCUT2D eigenvalue weighted by atomic mass is 9.97. The van der Waals surface area contributed by atoms with Crippen molar-refractivity contribution in [2.24, 2.45) is 5.73 Å². The number of aryl methyl sites for hydroxylation is 1. The van der Waals surface area contributed by atoms with Crippen molar-refractivity contribution in [2.45, 2.75) is 39.3 Å². The van der Waals surface area contributed by atoms with Crippen LogP contribution in [0, 0.1) is 6.92 Å². The summed E-state index contributed by atoms with van der Waals surface area (Å²) in [5.41, 5.74) is 9.30. The van der Waals surface area contributed by atoms with Gasteiger partial charge in [0.2, 0.25) is 0 Å². The second kappa shape index (κ2) is 6.68. The van der Waals surface area contributed by atoms with Gasteiger partial charge in [0.05, 0.1) is 0 Å². The molecule has 0 saturated carbocycles. The monoisotopic (exact) mass is 264 g/mol. The summed E-state index contributed by atoms with van der Waals surface area (Å²) in [6, 6.07) is 5.63. The van der Waals surface area contributed by atoms with Crippen LogP contribution in [0.5, 0.6) is 0 Å². The number of likely N-dealkylation sites (N-methyl/N-ethyl adjacent to an activating group) is 1. The fourth-order valence-corrected chi connectivity index (χ4v) is 1.99. The highest BCUT2D eigenvalue weighted by molar-refractivity contribution is 5.73. The van der Waals surface area contributed by atoms with Crippen molar-refractivity contribution in [3.8, 4) is 0 Å². The van der Waals surface area contributed by atoms with Gasteiger partial charge in [-0.15, -0.1) is 0 Å². The van der Waals surface area contributed by atoms with E-state index in [1.807, 2.05) is 11.9 Å². The molecule has 0 aromatic heterocycles. The third-order valence-corrected chi connectivity index (χ3v) is 3.31. The molecular formula is C15H24N2O2. The van der Waals surface area contributed by atoms with Gasteiger partial charge in [-0.05, 0) is 36.6 Å². The molecule has 3 N–H and O–H groups in total. The summed E-state index contributed by atoms with van der Waals surface area (Å²) in [5.74, 6) is -0.467. The van der Waals surface area contributed by atoms with E-state index in [1.54, 1.807) is 0 Å². The normalized spacial score (nSPS) is 13.0. The maximum Gasteiger partial charge on any atom is 0.321 e. The number of hydrogen-bond acceptors (Lipinski definition) is 3. The minimum atomic E-state index is -0.959. The number of benzene rings is 1. The predicted molar refractivity (Wildman–Crippen MR) is 77.2 cm³/mol. The number of aliphatic carboxylic acids is 1. The zero-order valence-corrected chi connectivity index (χ0v) is 12.2. The first-order chi connectivity index (χ1) is 8.81. The molecule has 19 heavy (non-hydrogen) atoms. The molecule has 0 amide bonds. The lowest BCUT2D eigenvalue weighted by molar-refractivity contribution is -0.138. The summed E-state index contributed by atoms with van der Waals surface area (Å²) in [6.45, 7) is 7.47. The van der Waals surface area contributed by atoms with Crippen LogP contribution in [0.25, 0.3) is 0 Å². The van der Waals surface area contributed by atoms with E-state index in [9.17, 15) is 4.79 Å². The molecule has 1 aromatic carbocycles. The molecule has 0 aliphatic heterocycles. The van der Waals surface area contributed by atoms with Gasteiger partial charge in [-0.3, -0.25) is 9.69 Å².